The molecule has 0 saturated carbocycles. The maximum absolute atomic E-state index is 13.2. The summed E-state index contributed by atoms with van der Waals surface area (Å²) >= 11 is 0. The zero-order valence-electron chi connectivity index (χ0n) is 27.7. The van der Waals surface area contributed by atoms with Crippen LogP contribution in [0, 0.1) is 0 Å². The lowest BCUT2D eigenvalue weighted by Gasteiger charge is -2.39. The molecule has 0 spiro atoms. The zero-order valence-corrected chi connectivity index (χ0v) is 27.7. The van der Waals surface area contributed by atoms with Crippen molar-refractivity contribution < 1.29 is 33.1 Å². The summed E-state index contributed by atoms with van der Waals surface area (Å²) < 4.78 is 17.3. The average Bonchev–Trinajstić information content (AvgIpc) is 3.50. The number of aryl methyl sites for hydroxylation is 1. The molecule has 2 bridgehead atoms. The normalized spacial score (nSPS) is 21.2. The molecule has 4 rings (SSSR count). The van der Waals surface area contributed by atoms with Gasteiger partial charge in [0.2, 0.25) is 11.8 Å². The number of aromatic nitrogens is 2. The van der Waals surface area contributed by atoms with Gasteiger partial charge in [-0.2, -0.15) is 5.06 Å². The van der Waals surface area contributed by atoms with Crippen LogP contribution in [0.15, 0.2) is 4.42 Å². The van der Waals surface area contributed by atoms with E-state index in [1.54, 1.807) is 9.80 Å². The molecule has 2 atom stereocenters. The van der Waals surface area contributed by atoms with Crippen molar-refractivity contribution in [3.63, 3.8) is 0 Å². The Morgan fingerprint density at radius 2 is 1.66 bits per heavy atom. The van der Waals surface area contributed by atoms with E-state index in [2.05, 4.69) is 17.1 Å². The Kier molecular flexibility index (Phi) is 11.0. The number of unbranched alkanes of at least 4 members (excludes halogenated alkanes) is 2. The Bertz CT molecular complexity index is 1120. The number of rotatable bonds is 11. The van der Waals surface area contributed by atoms with Gasteiger partial charge in [0.25, 0.3) is 0 Å². The minimum atomic E-state index is -0.610. The van der Waals surface area contributed by atoms with Crippen LogP contribution in [0.3, 0.4) is 0 Å². The van der Waals surface area contributed by atoms with Crippen molar-refractivity contribution in [1.29, 1.82) is 0 Å². The second kappa shape index (κ2) is 14.3. The third kappa shape index (κ3) is 8.98. The predicted octanol–water partition coefficient (Wildman–Crippen LogP) is 5.70. The fraction of sp³-hybridized carbons (Fsp3) is 0.839. The van der Waals surface area contributed by atoms with Gasteiger partial charge in [-0.15, -0.1) is 10.2 Å². The van der Waals surface area contributed by atoms with Gasteiger partial charge in [-0.25, -0.2) is 14.4 Å². The molecule has 4 amide bonds. The van der Waals surface area contributed by atoms with Gasteiger partial charge in [0, 0.05) is 38.6 Å². The molecule has 44 heavy (non-hydrogen) atoms. The number of carbonyl (C=O) groups is 3. The highest BCUT2D eigenvalue weighted by molar-refractivity contribution is 5.77. The summed E-state index contributed by atoms with van der Waals surface area (Å²) in [5.41, 5.74) is -1.16. The topological polar surface area (TPSA) is 131 Å². The van der Waals surface area contributed by atoms with Crippen LogP contribution in [0.5, 0.6) is 0 Å². The Balaban J connectivity index is 1.28. The van der Waals surface area contributed by atoms with Crippen molar-refractivity contribution >= 4 is 18.2 Å². The van der Waals surface area contributed by atoms with Crippen LogP contribution in [-0.2, 0) is 20.7 Å². The molecule has 248 valence electrons. The van der Waals surface area contributed by atoms with Crippen molar-refractivity contribution in [3.8, 4) is 0 Å². The molecule has 0 aliphatic carbocycles. The van der Waals surface area contributed by atoms with E-state index in [4.69, 9.17) is 18.7 Å². The average molecular weight is 621 g/mol. The molecule has 1 aromatic rings. The molecule has 3 aliphatic heterocycles. The highest BCUT2D eigenvalue weighted by Crippen LogP contribution is 2.38. The second-order valence-corrected chi connectivity index (χ2v) is 14.1. The molecule has 0 unspecified atom stereocenters. The summed E-state index contributed by atoms with van der Waals surface area (Å²) in [5.74, 6) is 0.994. The van der Waals surface area contributed by atoms with E-state index in [1.165, 1.54) is 5.06 Å². The molecular weight excluding hydrogens is 568 g/mol. The summed E-state index contributed by atoms with van der Waals surface area (Å²) in [7, 11) is 0. The maximum atomic E-state index is 13.2. The number of piperidine rings is 2. The summed E-state index contributed by atoms with van der Waals surface area (Å²) in [6, 6.07) is -0.339. The number of hydrogen-bond donors (Lipinski definition) is 0. The van der Waals surface area contributed by atoms with Crippen molar-refractivity contribution in [2.45, 2.75) is 136 Å². The molecule has 0 N–H and O–H groups in total. The van der Waals surface area contributed by atoms with Gasteiger partial charge in [-0.05, 0) is 86.5 Å². The second-order valence-electron chi connectivity index (χ2n) is 14.1. The van der Waals surface area contributed by atoms with E-state index in [9.17, 15) is 14.4 Å². The summed E-state index contributed by atoms with van der Waals surface area (Å²) in [5, 5.41) is 10.1. The number of likely N-dealkylation sites (tertiary alicyclic amines) is 1. The Labute approximate surface area is 261 Å². The number of carbonyl (C=O) groups excluding carboxylic acids is 3. The molecule has 4 heterocycles. The van der Waals surface area contributed by atoms with Gasteiger partial charge in [0.05, 0.1) is 12.6 Å². The first kappa shape index (κ1) is 33.8. The predicted molar refractivity (Wildman–Crippen MR) is 162 cm³/mol. The van der Waals surface area contributed by atoms with Crippen molar-refractivity contribution in [1.82, 2.24) is 30.0 Å². The molecule has 3 aliphatic rings. The lowest BCUT2D eigenvalue weighted by Crippen LogP contribution is -2.51. The number of ether oxygens (including phenoxy) is 2. The SMILES string of the molecule is CCCCON1C(=O)N2C[C@@H]1CC[C@H]2c1nnc(CCCCN(C(=O)OC(C)(C)C)C2CCN(C(=O)OC(C)(C)C)CC2)o1. The van der Waals surface area contributed by atoms with E-state index in [-0.39, 0.29) is 36.3 Å². The number of urea groups is 1. The first-order valence-electron chi connectivity index (χ1n) is 16.3. The van der Waals surface area contributed by atoms with Crippen molar-refractivity contribution in [2.24, 2.45) is 0 Å². The minimum absolute atomic E-state index is 0.0304. The van der Waals surface area contributed by atoms with Crippen LogP contribution in [0.2, 0.25) is 0 Å². The summed E-state index contributed by atoms with van der Waals surface area (Å²) in [4.78, 5) is 49.8. The lowest BCUT2D eigenvalue weighted by molar-refractivity contribution is -0.130. The Morgan fingerprint density at radius 3 is 2.32 bits per heavy atom. The number of amides is 4. The first-order chi connectivity index (χ1) is 20.8. The molecule has 3 saturated heterocycles. The van der Waals surface area contributed by atoms with Gasteiger partial charge in [0.15, 0.2) is 0 Å². The first-order valence-corrected chi connectivity index (χ1v) is 16.3. The molecule has 0 aromatic carbocycles. The van der Waals surface area contributed by atoms with Crippen LogP contribution in [0.4, 0.5) is 14.4 Å². The van der Waals surface area contributed by atoms with Crippen LogP contribution in [0.1, 0.15) is 118 Å². The van der Waals surface area contributed by atoms with Crippen LogP contribution in [-0.4, -0.2) is 104 Å². The van der Waals surface area contributed by atoms with Gasteiger partial charge >= 0.3 is 18.2 Å². The van der Waals surface area contributed by atoms with Gasteiger partial charge in [0.1, 0.15) is 17.2 Å². The lowest BCUT2D eigenvalue weighted by atomic mass is 10.0. The van der Waals surface area contributed by atoms with Crippen LogP contribution >= 0.6 is 0 Å². The molecule has 3 fully saturated rings. The Morgan fingerprint density at radius 1 is 0.955 bits per heavy atom. The van der Waals surface area contributed by atoms with E-state index in [0.717, 1.165) is 38.5 Å². The monoisotopic (exact) mass is 620 g/mol. The van der Waals surface area contributed by atoms with E-state index < -0.39 is 11.2 Å². The number of nitrogens with zero attached hydrogens (tertiary/aromatic N) is 6. The van der Waals surface area contributed by atoms with E-state index in [1.807, 2.05) is 46.4 Å². The van der Waals surface area contributed by atoms with Crippen LogP contribution in [0.25, 0.3) is 0 Å². The van der Waals surface area contributed by atoms with E-state index in [0.29, 0.717) is 63.8 Å². The molecule has 13 nitrogen and oxygen atoms in total. The van der Waals surface area contributed by atoms with Gasteiger partial charge < -0.3 is 28.6 Å². The minimum Gasteiger partial charge on any atom is -0.444 e. The molecule has 0 radical (unpaired) electrons. The number of fused-ring (bicyclic) bond motifs is 2. The largest absolute Gasteiger partial charge is 0.444 e. The smallest absolute Gasteiger partial charge is 0.410 e. The third-order valence-corrected chi connectivity index (χ3v) is 8.04. The summed E-state index contributed by atoms with van der Waals surface area (Å²) in [6.07, 6.45) is 6.20. The fourth-order valence-corrected chi connectivity index (χ4v) is 5.85. The van der Waals surface area contributed by atoms with Crippen LogP contribution < -0.4 is 0 Å². The fourth-order valence-electron chi connectivity index (χ4n) is 5.85. The number of hydroxylamine groups is 2. The quantitative estimate of drug-likeness (QED) is 0.286. The standard InChI is InChI=1S/C31H52N6O7/c1-8-9-20-41-37-23-13-14-24(36(21-23)27(37)38)26-33-32-25(42-26)12-10-11-17-35(29(40)44-31(5,6)7)22-15-18-34(19-16-22)28(39)43-30(2,3)4/h22-24H,8-21H2,1-7H3/t23-,24-/m0/s1. The zero-order chi connectivity index (χ0) is 32.1. The number of hydrogen-bond acceptors (Lipinski definition) is 9. The molecule has 13 heteroatoms. The maximum Gasteiger partial charge on any atom is 0.410 e. The third-order valence-electron chi connectivity index (χ3n) is 8.04. The highest BCUT2D eigenvalue weighted by atomic mass is 16.7. The van der Waals surface area contributed by atoms with Crippen molar-refractivity contribution in [2.75, 3.05) is 32.8 Å². The highest BCUT2D eigenvalue weighted by Gasteiger charge is 2.47. The van der Waals surface area contributed by atoms with Crippen molar-refractivity contribution in [3.05, 3.63) is 11.8 Å². The van der Waals surface area contributed by atoms with Gasteiger partial charge in [-0.1, -0.05) is 13.3 Å². The Hall–Kier alpha value is -3.09. The summed E-state index contributed by atoms with van der Waals surface area (Å²) in [6.45, 7) is 15.9. The molecular formula is C31H52N6O7. The van der Waals surface area contributed by atoms with Gasteiger partial charge in [-0.3, -0.25) is 4.84 Å². The van der Waals surface area contributed by atoms with E-state index >= 15 is 0 Å². The molecule has 1 aromatic heterocycles.